The molecule has 0 unspecified atom stereocenters. The Kier molecular flexibility index (Phi) is 12.3. The summed E-state index contributed by atoms with van der Waals surface area (Å²) in [5.41, 5.74) is 0. The van der Waals surface area contributed by atoms with Gasteiger partial charge in [-0.1, -0.05) is 0 Å². The molecule has 0 aromatic heterocycles. The zero-order chi connectivity index (χ0) is 7.11. The molecule has 0 aliphatic carbocycles. The van der Waals surface area contributed by atoms with E-state index in [0.717, 1.165) is 0 Å². The molecule has 0 fully saturated rings. The Morgan fingerprint density at radius 2 is 1.90 bits per heavy atom. The van der Waals surface area contributed by atoms with E-state index in [9.17, 15) is 12.8 Å². The van der Waals surface area contributed by atoms with E-state index in [2.05, 4.69) is 4.18 Å². The second kappa shape index (κ2) is 9.44. The second-order valence-electron chi connectivity index (χ2n) is 1.45. The van der Waals surface area contributed by atoms with Crippen molar-refractivity contribution >= 4 is 29.8 Å². The van der Waals surface area contributed by atoms with Crippen LogP contribution in [0.1, 0.15) is 12.8 Å². The third-order valence-corrected chi connectivity index (χ3v) is 1.12. The van der Waals surface area contributed by atoms with Crippen molar-refractivity contribution in [3.05, 3.63) is 0 Å². The maximum atomic E-state index is 11.3. The van der Waals surface area contributed by atoms with Crippen molar-refractivity contribution < 1.29 is 17.0 Å². The van der Waals surface area contributed by atoms with E-state index in [0.29, 0.717) is 12.8 Å². The molecule has 0 saturated heterocycles. The summed E-state index contributed by atoms with van der Waals surface area (Å²) in [7, 11) is -2.74. The normalized spacial score (nSPS) is 9.40. The molecule has 0 aromatic rings. The monoisotopic (exact) mass is 164 g/mol. The summed E-state index contributed by atoms with van der Waals surface area (Å²) < 4.78 is 34.8. The second-order valence-corrected chi connectivity index (χ2v) is 2.16. The topological polar surface area (TPSA) is 43.4 Å². The predicted octanol–water partition coefficient (Wildman–Crippen LogP) is -0.369. The first-order valence-electron chi connectivity index (χ1n) is 2.60. The molecule has 58 valence electrons. The van der Waals surface area contributed by atoms with Gasteiger partial charge in [-0.2, -0.15) is 0 Å². The molecule has 0 aromatic carbocycles. The summed E-state index contributed by atoms with van der Waals surface area (Å²) in [4.78, 5) is 0. The van der Waals surface area contributed by atoms with Crippen LogP contribution in [0.3, 0.4) is 0 Å². The van der Waals surface area contributed by atoms with E-state index in [1.54, 1.807) is 0 Å². The van der Waals surface area contributed by atoms with Crippen LogP contribution in [0.5, 0.6) is 0 Å². The standard InChI is InChI=1S/C4H9FO3S.Li.H/c5-3-1-2-4-8-9(6)7;;/h9H,1-4H2;;. The average Bonchev–Trinajstić information content (AvgIpc) is 1.80. The molecule has 0 saturated carbocycles. The Morgan fingerprint density at radius 3 is 2.30 bits per heavy atom. The van der Waals surface area contributed by atoms with E-state index in [-0.39, 0.29) is 25.5 Å². The van der Waals surface area contributed by atoms with Crippen molar-refractivity contribution in [2.24, 2.45) is 0 Å². The Labute approximate surface area is 73.3 Å². The fraction of sp³-hybridized carbons (Fsp3) is 1.00. The van der Waals surface area contributed by atoms with E-state index in [4.69, 9.17) is 0 Å². The molecular weight excluding hydrogens is 154 g/mol. The Morgan fingerprint density at radius 1 is 1.30 bits per heavy atom. The van der Waals surface area contributed by atoms with Crippen molar-refractivity contribution in [3.8, 4) is 0 Å². The molecule has 0 bridgehead atoms. The van der Waals surface area contributed by atoms with Crippen molar-refractivity contribution in [2.75, 3.05) is 13.3 Å². The fourth-order valence-electron chi connectivity index (χ4n) is 0.336. The predicted molar refractivity (Wildman–Crippen MR) is 38.6 cm³/mol. The molecule has 0 heterocycles. The van der Waals surface area contributed by atoms with Gasteiger partial charge in [0.2, 0.25) is 0 Å². The zero-order valence-electron chi connectivity index (χ0n) is 4.88. The summed E-state index contributed by atoms with van der Waals surface area (Å²) in [6.45, 7) is -0.318. The van der Waals surface area contributed by atoms with Gasteiger partial charge >= 0.3 is 18.9 Å². The number of halogens is 1. The van der Waals surface area contributed by atoms with Gasteiger partial charge < -0.3 is 0 Å². The van der Waals surface area contributed by atoms with Crippen LogP contribution in [-0.2, 0) is 15.2 Å². The maximum absolute atomic E-state index is 11.3. The third-order valence-electron chi connectivity index (χ3n) is 0.725. The molecule has 0 rings (SSSR count). The van der Waals surface area contributed by atoms with Crippen LogP contribution in [0.2, 0.25) is 0 Å². The number of alkyl halides is 1. The number of hydrogen-bond acceptors (Lipinski definition) is 3. The minimum atomic E-state index is -2.74. The molecule has 0 aliphatic heterocycles. The number of hydrogen-bond donors (Lipinski definition) is 1. The summed E-state index contributed by atoms with van der Waals surface area (Å²) in [5.74, 6) is 0. The van der Waals surface area contributed by atoms with E-state index in [1.165, 1.54) is 0 Å². The van der Waals surface area contributed by atoms with Crippen molar-refractivity contribution in [3.63, 3.8) is 0 Å². The molecule has 6 heteroatoms. The Hall–Kier alpha value is 0.437. The Balaban J connectivity index is 0. The SMILES string of the molecule is O=[SH](=O)OCCCCF.[LiH]. The van der Waals surface area contributed by atoms with Crippen LogP contribution in [0.25, 0.3) is 0 Å². The summed E-state index contributed by atoms with van der Waals surface area (Å²) in [6.07, 6.45) is 0.822. The van der Waals surface area contributed by atoms with Crippen molar-refractivity contribution in [1.29, 1.82) is 0 Å². The molecule has 0 amide bonds. The van der Waals surface area contributed by atoms with Crippen LogP contribution < -0.4 is 0 Å². The van der Waals surface area contributed by atoms with Crippen LogP contribution in [0, 0.1) is 0 Å². The first-order chi connectivity index (χ1) is 4.27. The van der Waals surface area contributed by atoms with Crippen LogP contribution in [0.15, 0.2) is 0 Å². The summed E-state index contributed by atoms with van der Waals surface area (Å²) in [5, 5.41) is 0. The number of unbranched alkanes of at least 4 members (excludes halogenated alkanes) is 1. The molecule has 0 N–H and O–H groups in total. The number of rotatable bonds is 5. The molecule has 0 radical (unpaired) electrons. The van der Waals surface area contributed by atoms with E-state index >= 15 is 0 Å². The van der Waals surface area contributed by atoms with Crippen molar-refractivity contribution in [2.45, 2.75) is 12.8 Å². The van der Waals surface area contributed by atoms with Gasteiger partial charge in [0.1, 0.15) is 0 Å². The van der Waals surface area contributed by atoms with E-state index in [1.807, 2.05) is 0 Å². The Bertz CT molecular complexity index is 120. The van der Waals surface area contributed by atoms with Gasteiger partial charge in [-0.3, -0.25) is 8.57 Å². The molecule has 0 atom stereocenters. The molecule has 10 heavy (non-hydrogen) atoms. The fourth-order valence-corrected chi connectivity index (χ4v) is 0.614. The molecule has 0 spiro atoms. The van der Waals surface area contributed by atoms with Gasteiger partial charge in [-0.25, -0.2) is 8.42 Å². The third kappa shape index (κ3) is 11.3. The van der Waals surface area contributed by atoms with Gasteiger partial charge in [0.25, 0.3) is 11.0 Å². The quantitative estimate of drug-likeness (QED) is 0.342. The zero-order valence-corrected chi connectivity index (χ0v) is 5.77. The first kappa shape index (κ1) is 13.1. The summed E-state index contributed by atoms with van der Waals surface area (Å²) >= 11 is 0. The van der Waals surface area contributed by atoms with Crippen LogP contribution in [-0.4, -0.2) is 40.6 Å². The molecule has 0 aliphatic rings. The van der Waals surface area contributed by atoms with Gasteiger partial charge in [-0.15, -0.1) is 0 Å². The first-order valence-corrected chi connectivity index (χ1v) is 3.70. The molecular formula is C4H10FLiO3S. The minimum absolute atomic E-state index is 0. The number of thiol groups is 1. The average molecular weight is 164 g/mol. The molecule has 3 nitrogen and oxygen atoms in total. The van der Waals surface area contributed by atoms with Gasteiger partial charge in [0.05, 0.1) is 13.3 Å². The van der Waals surface area contributed by atoms with Gasteiger partial charge in [0.15, 0.2) is 0 Å². The van der Waals surface area contributed by atoms with Gasteiger partial charge in [0, 0.05) is 0 Å². The van der Waals surface area contributed by atoms with E-state index < -0.39 is 17.7 Å². The van der Waals surface area contributed by atoms with Crippen molar-refractivity contribution in [1.82, 2.24) is 0 Å². The van der Waals surface area contributed by atoms with Gasteiger partial charge in [-0.05, 0) is 12.8 Å². The van der Waals surface area contributed by atoms with Crippen LogP contribution in [0.4, 0.5) is 4.39 Å². The van der Waals surface area contributed by atoms with Crippen LogP contribution >= 0.6 is 0 Å². The summed E-state index contributed by atoms with van der Waals surface area (Å²) in [6, 6.07) is 0.